The molecule has 1 atom stereocenters. The predicted octanol–water partition coefficient (Wildman–Crippen LogP) is 1.35. The summed E-state index contributed by atoms with van der Waals surface area (Å²) in [6.45, 7) is 7.38. The molecule has 0 aliphatic heterocycles. The Kier molecular flexibility index (Phi) is 4.24. The standard InChI is InChI=1S/C9H18O3/c1-7(10)5-6-12-8(11)9(2,3)4/h7,10H,5-6H2,1-4H3. The summed E-state index contributed by atoms with van der Waals surface area (Å²) >= 11 is 0. The molecule has 0 rings (SSSR count). The van der Waals surface area contributed by atoms with E-state index in [0.29, 0.717) is 13.0 Å². The van der Waals surface area contributed by atoms with Gasteiger partial charge in [0.25, 0.3) is 0 Å². The van der Waals surface area contributed by atoms with Gasteiger partial charge in [-0.1, -0.05) is 0 Å². The second-order valence-corrected chi connectivity index (χ2v) is 4.02. The lowest BCUT2D eigenvalue weighted by Gasteiger charge is -2.16. The van der Waals surface area contributed by atoms with Gasteiger partial charge >= 0.3 is 5.97 Å². The molecule has 0 radical (unpaired) electrons. The first-order valence-corrected chi connectivity index (χ1v) is 4.19. The number of hydrogen-bond donors (Lipinski definition) is 1. The van der Waals surface area contributed by atoms with Gasteiger partial charge in [-0.25, -0.2) is 0 Å². The van der Waals surface area contributed by atoms with Crippen molar-refractivity contribution in [2.75, 3.05) is 6.61 Å². The highest BCUT2D eigenvalue weighted by Gasteiger charge is 2.22. The van der Waals surface area contributed by atoms with E-state index in [0.717, 1.165) is 0 Å². The second kappa shape index (κ2) is 4.45. The van der Waals surface area contributed by atoms with E-state index >= 15 is 0 Å². The fraction of sp³-hybridized carbons (Fsp3) is 0.889. The van der Waals surface area contributed by atoms with E-state index in [1.54, 1.807) is 27.7 Å². The first-order chi connectivity index (χ1) is 5.34. The van der Waals surface area contributed by atoms with Crippen LogP contribution in [-0.2, 0) is 9.53 Å². The third-order valence-corrected chi connectivity index (χ3v) is 1.38. The molecular formula is C9H18O3. The lowest BCUT2D eigenvalue weighted by atomic mass is 9.97. The summed E-state index contributed by atoms with van der Waals surface area (Å²) in [6, 6.07) is 0. The quantitative estimate of drug-likeness (QED) is 0.657. The van der Waals surface area contributed by atoms with E-state index in [-0.39, 0.29) is 5.97 Å². The predicted molar refractivity (Wildman–Crippen MR) is 46.7 cm³/mol. The van der Waals surface area contributed by atoms with Gasteiger partial charge in [0.15, 0.2) is 0 Å². The minimum Gasteiger partial charge on any atom is -0.465 e. The summed E-state index contributed by atoms with van der Waals surface area (Å²) in [4.78, 5) is 11.1. The van der Waals surface area contributed by atoms with E-state index in [4.69, 9.17) is 9.84 Å². The van der Waals surface area contributed by atoms with Gasteiger partial charge in [0.05, 0.1) is 18.1 Å². The molecule has 3 heteroatoms. The summed E-state index contributed by atoms with van der Waals surface area (Å²) in [6.07, 6.45) is 0.0970. The lowest BCUT2D eigenvalue weighted by Crippen LogP contribution is -2.24. The van der Waals surface area contributed by atoms with Gasteiger partial charge in [-0.15, -0.1) is 0 Å². The summed E-state index contributed by atoms with van der Waals surface area (Å²) < 4.78 is 4.92. The Morgan fingerprint density at radius 1 is 1.50 bits per heavy atom. The number of ether oxygens (including phenoxy) is 1. The summed E-state index contributed by atoms with van der Waals surface area (Å²) in [7, 11) is 0. The first-order valence-electron chi connectivity index (χ1n) is 4.19. The number of hydrogen-bond acceptors (Lipinski definition) is 3. The zero-order chi connectivity index (χ0) is 9.78. The van der Waals surface area contributed by atoms with Gasteiger partial charge in [0.1, 0.15) is 0 Å². The Bertz CT molecular complexity index is 144. The zero-order valence-corrected chi connectivity index (χ0v) is 8.26. The monoisotopic (exact) mass is 174 g/mol. The van der Waals surface area contributed by atoms with Crippen LogP contribution in [0.3, 0.4) is 0 Å². The average Bonchev–Trinajstić information content (AvgIpc) is 1.84. The minimum absolute atomic E-state index is 0.219. The smallest absolute Gasteiger partial charge is 0.311 e. The van der Waals surface area contributed by atoms with Crippen molar-refractivity contribution in [2.24, 2.45) is 5.41 Å². The highest BCUT2D eigenvalue weighted by atomic mass is 16.5. The topological polar surface area (TPSA) is 46.5 Å². The zero-order valence-electron chi connectivity index (χ0n) is 8.26. The molecule has 0 fully saturated rings. The third-order valence-electron chi connectivity index (χ3n) is 1.38. The van der Waals surface area contributed by atoms with Crippen molar-refractivity contribution >= 4 is 5.97 Å². The van der Waals surface area contributed by atoms with E-state index < -0.39 is 11.5 Å². The number of aliphatic hydroxyl groups is 1. The van der Waals surface area contributed by atoms with Crippen LogP contribution in [0.5, 0.6) is 0 Å². The van der Waals surface area contributed by atoms with Crippen LogP contribution in [0.15, 0.2) is 0 Å². The fourth-order valence-electron chi connectivity index (χ4n) is 0.539. The molecule has 0 aromatic heterocycles. The Balaban J connectivity index is 3.59. The van der Waals surface area contributed by atoms with E-state index in [9.17, 15) is 4.79 Å². The molecule has 0 bridgehead atoms. The summed E-state index contributed by atoms with van der Waals surface area (Å²) in [5, 5.41) is 8.88. The van der Waals surface area contributed by atoms with E-state index in [2.05, 4.69) is 0 Å². The van der Waals surface area contributed by atoms with Crippen molar-refractivity contribution in [3.05, 3.63) is 0 Å². The maximum atomic E-state index is 11.1. The first kappa shape index (κ1) is 11.4. The highest BCUT2D eigenvalue weighted by Crippen LogP contribution is 2.15. The average molecular weight is 174 g/mol. The van der Waals surface area contributed by atoms with Crippen LogP contribution in [0.1, 0.15) is 34.1 Å². The maximum Gasteiger partial charge on any atom is 0.311 e. The third kappa shape index (κ3) is 5.13. The summed E-state index contributed by atoms with van der Waals surface area (Å²) in [5.41, 5.74) is -0.446. The normalized spacial score (nSPS) is 14.1. The molecule has 0 aromatic rings. The molecule has 0 amide bonds. The number of carbonyl (C=O) groups excluding carboxylic acids is 1. The Morgan fingerprint density at radius 2 is 2.00 bits per heavy atom. The molecule has 0 aliphatic carbocycles. The molecule has 1 N–H and O–H groups in total. The number of esters is 1. The van der Waals surface area contributed by atoms with Gasteiger partial charge in [0, 0.05) is 6.42 Å². The molecule has 3 nitrogen and oxygen atoms in total. The highest BCUT2D eigenvalue weighted by molar-refractivity contribution is 5.75. The van der Waals surface area contributed by atoms with Crippen LogP contribution in [0.25, 0.3) is 0 Å². The van der Waals surface area contributed by atoms with Crippen molar-refractivity contribution in [1.82, 2.24) is 0 Å². The summed E-state index contributed by atoms with van der Waals surface area (Å²) in [5.74, 6) is -0.219. The van der Waals surface area contributed by atoms with Crippen LogP contribution in [0.4, 0.5) is 0 Å². The lowest BCUT2D eigenvalue weighted by molar-refractivity contribution is -0.153. The van der Waals surface area contributed by atoms with Crippen LogP contribution in [0.2, 0.25) is 0 Å². The van der Waals surface area contributed by atoms with Gasteiger partial charge in [-0.2, -0.15) is 0 Å². The van der Waals surface area contributed by atoms with Gasteiger partial charge in [-0.05, 0) is 27.7 Å². The van der Waals surface area contributed by atoms with Gasteiger partial charge < -0.3 is 9.84 Å². The molecule has 1 unspecified atom stereocenters. The van der Waals surface area contributed by atoms with Crippen LogP contribution in [-0.4, -0.2) is 23.8 Å². The SMILES string of the molecule is CC(O)CCOC(=O)C(C)(C)C. The molecule has 72 valence electrons. The Morgan fingerprint density at radius 3 is 2.33 bits per heavy atom. The van der Waals surface area contributed by atoms with Crippen molar-refractivity contribution in [3.63, 3.8) is 0 Å². The Hall–Kier alpha value is -0.570. The maximum absolute atomic E-state index is 11.1. The fourth-order valence-corrected chi connectivity index (χ4v) is 0.539. The van der Waals surface area contributed by atoms with Crippen molar-refractivity contribution < 1.29 is 14.6 Å². The van der Waals surface area contributed by atoms with E-state index in [1.807, 2.05) is 0 Å². The second-order valence-electron chi connectivity index (χ2n) is 4.02. The van der Waals surface area contributed by atoms with Gasteiger partial charge in [0.2, 0.25) is 0 Å². The number of carbonyl (C=O) groups is 1. The molecular weight excluding hydrogens is 156 g/mol. The van der Waals surface area contributed by atoms with Crippen molar-refractivity contribution in [2.45, 2.75) is 40.2 Å². The molecule has 0 saturated carbocycles. The van der Waals surface area contributed by atoms with Crippen LogP contribution >= 0.6 is 0 Å². The minimum atomic E-state index is -0.446. The number of rotatable bonds is 3. The van der Waals surface area contributed by atoms with Gasteiger partial charge in [-0.3, -0.25) is 4.79 Å². The largest absolute Gasteiger partial charge is 0.465 e. The molecule has 0 aromatic carbocycles. The van der Waals surface area contributed by atoms with E-state index in [1.165, 1.54) is 0 Å². The van der Waals surface area contributed by atoms with Crippen LogP contribution < -0.4 is 0 Å². The molecule has 0 aliphatic rings. The van der Waals surface area contributed by atoms with Crippen molar-refractivity contribution in [3.8, 4) is 0 Å². The molecule has 0 saturated heterocycles. The number of aliphatic hydroxyl groups excluding tert-OH is 1. The molecule has 12 heavy (non-hydrogen) atoms. The Labute approximate surface area is 73.7 Å². The molecule has 0 heterocycles. The molecule has 0 spiro atoms. The van der Waals surface area contributed by atoms with Crippen molar-refractivity contribution in [1.29, 1.82) is 0 Å². The van der Waals surface area contributed by atoms with Crippen LogP contribution in [0, 0.1) is 5.41 Å².